The molecule has 2 rings (SSSR count). The normalized spacial score (nSPS) is 19.2. The predicted octanol–water partition coefficient (Wildman–Crippen LogP) is 4.61. The van der Waals surface area contributed by atoms with Crippen LogP contribution in [0.3, 0.4) is 0 Å². The molecule has 1 aliphatic heterocycles. The fraction of sp³-hybridized carbons (Fsp3) is 0.500. The second-order valence-corrected chi connectivity index (χ2v) is 7.11. The van der Waals surface area contributed by atoms with Crippen LogP contribution in [0.4, 0.5) is 0 Å². The van der Waals surface area contributed by atoms with Crippen molar-refractivity contribution in [3.05, 3.63) is 33.8 Å². The molecular formula is C14H17Cl2NOS. The van der Waals surface area contributed by atoms with Crippen LogP contribution in [-0.4, -0.2) is 23.1 Å². The first kappa shape index (κ1) is 15.0. The van der Waals surface area contributed by atoms with E-state index in [9.17, 15) is 4.79 Å². The Morgan fingerprint density at radius 3 is 2.84 bits per heavy atom. The lowest BCUT2D eigenvalue weighted by Crippen LogP contribution is -2.31. The van der Waals surface area contributed by atoms with Crippen LogP contribution >= 0.6 is 35.0 Å². The molecule has 0 bridgehead atoms. The van der Waals surface area contributed by atoms with Crippen LogP contribution in [-0.2, 0) is 4.79 Å². The van der Waals surface area contributed by atoms with E-state index >= 15 is 0 Å². The van der Waals surface area contributed by atoms with Gasteiger partial charge < -0.3 is 4.90 Å². The third-order valence-corrected chi connectivity index (χ3v) is 4.83. The number of hydrogen-bond acceptors (Lipinski definition) is 2. The number of benzene rings is 1. The Balaban J connectivity index is 2.20. The molecule has 1 atom stereocenters. The number of hydrogen-bond donors (Lipinski definition) is 0. The van der Waals surface area contributed by atoms with E-state index in [-0.39, 0.29) is 11.3 Å². The van der Waals surface area contributed by atoms with Gasteiger partial charge in [-0.05, 0) is 18.1 Å². The van der Waals surface area contributed by atoms with E-state index in [2.05, 4.69) is 13.8 Å². The van der Waals surface area contributed by atoms with Gasteiger partial charge in [0.05, 0.1) is 0 Å². The van der Waals surface area contributed by atoms with Crippen molar-refractivity contribution in [2.24, 2.45) is 5.92 Å². The maximum Gasteiger partial charge on any atom is 0.224 e. The number of nitrogens with zero attached hydrogens (tertiary/aromatic N) is 1. The highest BCUT2D eigenvalue weighted by Gasteiger charge is 2.31. The average Bonchev–Trinajstić information content (AvgIpc) is 2.76. The minimum absolute atomic E-state index is 0.0241. The third kappa shape index (κ3) is 3.59. The molecule has 104 valence electrons. The lowest BCUT2D eigenvalue weighted by molar-refractivity contribution is -0.132. The second-order valence-electron chi connectivity index (χ2n) is 5.07. The zero-order valence-corrected chi connectivity index (χ0v) is 13.4. The van der Waals surface area contributed by atoms with Gasteiger partial charge in [0.2, 0.25) is 5.91 Å². The Morgan fingerprint density at radius 1 is 1.47 bits per heavy atom. The Kier molecular flexibility index (Phi) is 5.04. The van der Waals surface area contributed by atoms with Gasteiger partial charge in [-0.25, -0.2) is 0 Å². The van der Waals surface area contributed by atoms with Crippen molar-refractivity contribution in [1.82, 2.24) is 4.90 Å². The van der Waals surface area contributed by atoms with Crippen molar-refractivity contribution in [1.29, 1.82) is 0 Å². The molecule has 1 fully saturated rings. The van der Waals surface area contributed by atoms with Gasteiger partial charge in [0.25, 0.3) is 0 Å². The molecule has 5 heteroatoms. The van der Waals surface area contributed by atoms with Gasteiger partial charge in [-0.1, -0.05) is 43.1 Å². The fourth-order valence-corrected chi connectivity index (χ4v) is 4.04. The highest BCUT2D eigenvalue weighted by molar-refractivity contribution is 7.99. The predicted molar refractivity (Wildman–Crippen MR) is 82.8 cm³/mol. The van der Waals surface area contributed by atoms with Gasteiger partial charge in [0.1, 0.15) is 5.37 Å². The first-order valence-electron chi connectivity index (χ1n) is 6.35. The van der Waals surface area contributed by atoms with Crippen LogP contribution in [0.15, 0.2) is 18.2 Å². The van der Waals surface area contributed by atoms with Crippen molar-refractivity contribution in [3.63, 3.8) is 0 Å². The minimum Gasteiger partial charge on any atom is -0.326 e. The summed E-state index contributed by atoms with van der Waals surface area (Å²) in [5.74, 6) is 1.53. The number of thioether (sulfide) groups is 1. The summed E-state index contributed by atoms with van der Waals surface area (Å²) in [5, 5.41) is 1.28. The maximum atomic E-state index is 12.3. The molecule has 0 aliphatic carbocycles. The molecular weight excluding hydrogens is 301 g/mol. The van der Waals surface area contributed by atoms with E-state index in [1.807, 2.05) is 17.0 Å². The van der Waals surface area contributed by atoms with Crippen LogP contribution in [0.1, 0.15) is 31.2 Å². The molecule has 1 saturated heterocycles. The van der Waals surface area contributed by atoms with E-state index in [0.29, 0.717) is 22.4 Å². The Bertz CT molecular complexity index is 479. The summed E-state index contributed by atoms with van der Waals surface area (Å²) in [6.45, 7) is 4.91. The number of halogens is 2. The van der Waals surface area contributed by atoms with E-state index in [0.717, 1.165) is 17.9 Å². The van der Waals surface area contributed by atoms with Crippen LogP contribution < -0.4 is 0 Å². The van der Waals surface area contributed by atoms with Crippen molar-refractivity contribution in [2.45, 2.75) is 25.6 Å². The first-order chi connectivity index (χ1) is 8.99. The van der Waals surface area contributed by atoms with Crippen molar-refractivity contribution in [3.8, 4) is 0 Å². The van der Waals surface area contributed by atoms with Crippen LogP contribution in [0.5, 0.6) is 0 Å². The standard InChI is InChI=1S/C14H17Cl2NOS/c1-9(2)7-13(18)17-5-6-19-14(17)11-4-3-10(15)8-12(11)16/h3-4,8-9,14H,5-7H2,1-2H3. The summed E-state index contributed by atoms with van der Waals surface area (Å²) in [6, 6.07) is 5.48. The van der Waals surface area contributed by atoms with Crippen LogP contribution in [0.25, 0.3) is 0 Å². The molecule has 0 spiro atoms. The molecule has 0 N–H and O–H groups in total. The minimum atomic E-state index is 0.0241. The highest BCUT2D eigenvalue weighted by Crippen LogP contribution is 2.41. The fourth-order valence-electron chi connectivity index (χ4n) is 2.15. The molecule has 0 aromatic heterocycles. The van der Waals surface area contributed by atoms with E-state index < -0.39 is 0 Å². The summed E-state index contributed by atoms with van der Waals surface area (Å²) in [4.78, 5) is 14.2. The van der Waals surface area contributed by atoms with E-state index in [4.69, 9.17) is 23.2 Å². The first-order valence-corrected chi connectivity index (χ1v) is 8.15. The van der Waals surface area contributed by atoms with Gasteiger partial charge in [0, 0.05) is 34.3 Å². The lowest BCUT2D eigenvalue weighted by Gasteiger charge is -2.25. The van der Waals surface area contributed by atoms with Gasteiger partial charge in [0.15, 0.2) is 0 Å². The van der Waals surface area contributed by atoms with Crippen molar-refractivity contribution in [2.75, 3.05) is 12.3 Å². The summed E-state index contributed by atoms with van der Waals surface area (Å²) in [7, 11) is 0. The largest absolute Gasteiger partial charge is 0.326 e. The topological polar surface area (TPSA) is 20.3 Å². The van der Waals surface area contributed by atoms with Gasteiger partial charge in [-0.3, -0.25) is 4.79 Å². The van der Waals surface area contributed by atoms with Gasteiger partial charge in [-0.2, -0.15) is 0 Å². The summed E-state index contributed by atoms with van der Waals surface area (Å²) < 4.78 is 0. The Labute approximate surface area is 128 Å². The van der Waals surface area contributed by atoms with Crippen molar-refractivity contribution < 1.29 is 4.79 Å². The molecule has 1 aliphatic rings. The third-order valence-electron chi connectivity index (χ3n) is 3.02. The van der Waals surface area contributed by atoms with E-state index in [1.165, 1.54) is 0 Å². The van der Waals surface area contributed by atoms with Crippen molar-refractivity contribution >= 4 is 40.9 Å². The number of carbonyl (C=O) groups is 1. The molecule has 1 aromatic carbocycles. The Morgan fingerprint density at radius 2 is 2.21 bits per heavy atom. The Hall–Kier alpha value is -0.380. The molecule has 1 aromatic rings. The van der Waals surface area contributed by atoms with Gasteiger partial charge in [-0.15, -0.1) is 11.8 Å². The highest BCUT2D eigenvalue weighted by atomic mass is 35.5. The molecule has 1 unspecified atom stereocenters. The SMILES string of the molecule is CC(C)CC(=O)N1CCSC1c1ccc(Cl)cc1Cl. The maximum absolute atomic E-state index is 12.3. The molecule has 0 radical (unpaired) electrons. The number of rotatable bonds is 3. The van der Waals surface area contributed by atoms with Crippen LogP contribution in [0, 0.1) is 5.92 Å². The average molecular weight is 318 g/mol. The number of carbonyl (C=O) groups excluding carboxylic acids is 1. The summed E-state index contributed by atoms with van der Waals surface area (Å²) in [6.07, 6.45) is 0.586. The van der Waals surface area contributed by atoms with Gasteiger partial charge >= 0.3 is 0 Å². The number of amides is 1. The quantitative estimate of drug-likeness (QED) is 0.811. The monoisotopic (exact) mass is 317 g/mol. The molecule has 2 nitrogen and oxygen atoms in total. The zero-order valence-electron chi connectivity index (χ0n) is 11.0. The molecule has 1 amide bonds. The molecule has 0 saturated carbocycles. The zero-order chi connectivity index (χ0) is 14.0. The molecule has 1 heterocycles. The smallest absolute Gasteiger partial charge is 0.224 e. The summed E-state index contributed by atoms with van der Waals surface area (Å²) >= 11 is 13.9. The lowest BCUT2D eigenvalue weighted by atomic mass is 10.1. The van der Waals surface area contributed by atoms with E-state index in [1.54, 1.807) is 17.8 Å². The molecule has 19 heavy (non-hydrogen) atoms. The summed E-state index contributed by atoms with van der Waals surface area (Å²) in [5.41, 5.74) is 0.977. The van der Waals surface area contributed by atoms with Crippen LogP contribution in [0.2, 0.25) is 10.0 Å². The second kappa shape index (κ2) is 6.38.